The van der Waals surface area contributed by atoms with Gasteiger partial charge in [-0.25, -0.2) is 8.42 Å². The molecule has 2 rings (SSSR count). The predicted octanol–water partition coefficient (Wildman–Crippen LogP) is 3.60. The second kappa shape index (κ2) is 12.2. The van der Waals surface area contributed by atoms with Crippen molar-refractivity contribution in [1.82, 2.24) is 14.5 Å². The van der Waals surface area contributed by atoms with Gasteiger partial charge in [-0.3, -0.25) is 9.59 Å². The third kappa shape index (κ3) is 7.03. The highest BCUT2D eigenvalue weighted by molar-refractivity contribution is 7.89. The van der Waals surface area contributed by atoms with Gasteiger partial charge in [0.05, 0.1) is 11.4 Å². The molecule has 2 amide bonds. The quantitative estimate of drug-likeness (QED) is 0.518. The van der Waals surface area contributed by atoms with Crippen molar-refractivity contribution in [2.45, 2.75) is 51.1 Å². The molecule has 0 spiro atoms. The zero-order valence-electron chi connectivity index (χ0n) is 19.5. The van der Waals surface area contributed by atoms with Gasteiger partial charge in [-0.15, -0.1) is 0 Å². The molecule has 2 aromatic rings. The fraction of sp³-hybridized carbons (Fsp3) is 0.417. The first kappa shape index (κ1) is 26.8. The maximum absolute atomic E-state index is 13.4. The van der Waals surface area contributed by atoms with Crippen LogP contribution in [0.3, 0.4) is 0 Å². The van der Waals surface area contributed by atoms with Crippen LogP contribution in [0, 0.1) is 6.92 Å². The molecule has 0 aromatic heterocycles. The monoisotopic (exact) mass is 493 g/mol. The molecular weight excluding hydrogens is 462 g/mol. The Balaban J connectivity index is 2.32. The van der Waals surface area contributed by atoms with E-state index in [0.717, 1.165) is 16.3 Å². The second-order valence-electron chi connectivity index (χ2n) is 7.90. The van der Waals surface area contributed by atoms with Crippen molar-refractivity contribution in [2.24, 2.45) is 0 Å². The van der Waals surface area contributed by atoms with E-state index in [2.05, 4.69) is 5.32 Å². The zero-order chi connectivity index (χ0) is 24.6. The number of benzene rings is 2. The van der Waals surface area contributed by atoms with Gasteiger partial charge in [0.25, 0.3) is 0 Å². The Kier molecular flexibility index (Phi) is 9.88. The van der Waals surface area contributed by atoms with Gasteiger partial charge in [-0.2, -0.15) is 4.31 Å². The van der Waals surface area contributed by atoms with E-state index >= 15 is 0 Å². The Bertz CT molecular complexity index is 1060. The van der Waals surface area contributed by atoms with Gasteiger partial charge >= 0.3 is 0 Å². The van der Waals surface area contributed by atoms with Crippen LogP contribution in [0.15, 0.2) is 53.4 Å². The fourth-order valence-electron chi connectivity index (χ4n) is 3.35. The minimum absolute atomic E-state index is 0.0922. The molecule has 0 aliphatic rings. The lowest BCUT2D eigenvalue weighted by molar-refractivity contribution is -0.141. The van der Waals surface area contributed by atoms with Gasteiger partial charge in [-0.1, -0.05) is 61.3 Å². The van der Waals surface area contributed by atoms with E-state index in [4.69, 9.17) is 11.6 Å². The molecule has 0 unspecified atom stereocenters. The van der Waals surface area contributed by atoms with Gasteiger partial charge in [-0.05, 0) is 43.5 Å². The Morgan fingerprint density at radius 3 is 2.27 bits per heavy atom. The number of nitrogens with zero attached hydrogens (tertiary/aromatic N) is 2. The van der Waals surface area contributed by atoms with Gasteiger partial charge in [0.1, 0.15) is 6.04 Å². The van der Waals surface area contributed by atoms with Crippen molar-refractivity contribution in [3.05, 3.63) is 64.7 Å². The van der Waals surface area contributed by atoms with Crippen LogP contribution >= 0.6 is 11.6 Å². The van der Waals surface area contributed by atoms with Gasteiger partial charge in [0.15, 0.2) is 0 Å². The average molecular weight is 494 g/mol. The van der Waals surface area contributed by atoms with Crippen LogP contribution in [0.1, 0.15) is 37.8 Å². The van der Waals surface area contributed by atoms with Crippen molar-refractivity contribution >= 4 is 33.4 Å². The SMILES string of the molecule is CCCNC(=O)[C@H](CC)N(Cc1ccccc1Cl)C(=O)CN(C)S(=O)(=O)c1ccc(C)cc1. The number of carbonyl (C=O) groups excluding carboxylic acids is 2. The van der Waals surface area contributed by atoms with E-state index in [9.17, 15) is 18.0 Å². The summed E-state index contributed by atoms with van der Waals surface area (Å²) in [5, 5.41) is 3.31. The molecule has 0 heterocycles. The van der Waals surface area contributed by atoms with Crippen LogP contribution in [-0.2, 0) is 26.2 Å². The van der Waals surface area contributed by atoms with E-state index in [-0.39, 0.29) is 17.3 Å². The number of sulfonamides is 1. The van der Waals surface area contributed by atoms with E-state index in [0.29, 0.717) is 23.6 Å². The largest absolute Gasteiger partial charge is 0.354 e. The maximum Gasteiger partial charge on any atom is 0.243 e. The summed E-state index contributed by atoms with van der Waals surface area (Å²) in [6.07, 6.45) is 1.14. The molecule has 0 saturated carbocycles. The molecule has 7 nitrogen and oxygen atoms in total. The van der Waals surface area contributed by atoms with Crippen LogP contribution in [0.5, 0.6) is 0 Å². The highest BCUT2D eigenvalue weighted by Gasteiger charge is 2.32. The molecule has 0 radical (unpaired) electrons. The lowest BCUT2D eigenvalue weighted by Crippen LogP contribution is -2.51. The number of aryl methyl sites for hydroxylation is 1. The van der Waals surface area contributed by atoms with E-state index in [1.165, 1.54) is 24.1 Å². The predicted molar refractivity (Wildman–Crippen MR) is 130 cm³/mol. The minimum atomic E-state index is -3.87. The molecular formula is C24H32ClN3O4S. The number of hydrogen-bond donors (Lipinski definition) is 1. The summed E-state index contributed by atoms with van der Waals surface area (Å²) in [6.45, 7) is 5.80. The summed E-state index contributed by atoms with van der Waals surface area (Å²) >= 11 is 6.31. The molecule has 0 bridgehead atoms. The van der Waals surface area contributed by atoms with Crippen molar-refractivity contribution in [2.75, 3.05) is 20.1 Å². The second-order valence-corrected chi connectivity index (χ2v) is 10.4. The molecule has 0 aliphatic carbocycles. The maximum atomic E-state index is 13.4. The Morgan fingerprint density at radius 1 is 1.06 bits per heavy atom. The van der Waals surface area contributed by atoms with Gasteiger partial charge < -0.3 is 10.2 Å². The van der Waals surface area contributed by atoms with Crippen molar-refractivity contribution in [3.8, 4) is 0 Å². The van der Waals surface area contributed by atoms with Crippen molar-refractivity contribution in [1.29, 1.82) is 0 Å². The molecule has 0 aliphatic heterocycles. The number of halogens is 1. The van der Waals surface area contributed by atoms with Crippen LogP contribution in [0.2, 0.25) is 5.02 Å². The normalized spacial score (nSPS) is 12.4. The topological polar surface area (TPSA) is 86.8 Å². The van der Waals surface area contributed by atoms with Crippen molar-refractivity contribution < 1.29 is 18.0 Å². The number of nitrogens with one attached hydrogen (secondary N) is 1. The van der Waals surface area contributed by atoms with Crippen LogP contribution in [0.25, 0.3) is 0 Å². The first-order valence-electron chi connectivity index (χ1n) is 10.9. The third-order valence-electron chi connectivity index (χ3n) is 5.32. The van der Waals surface area contributed by atoms with E-state index in [1.807, 2.05) is 20.8 Å². The van der Waals surface area contributed by atoms with Gasteiger partial charge in [0.2, 0.25) is 21.8 Å². The number of amides is 2. The smallest absolute Gasteiger partial charge is 0.243 e. The summed E-state index contributed by atoms with van der Waals surface area (Å²) in [5.74, 6) is -0.754. The third-order valence-corrected chi connectivity index (χ3v) is 7.51. The molecule has 9 heteroatoms. The Hall–Kier alpha value is -2.42. The molecule has 1 N–H and O–H groups in total. The number of hydrogen-bond acceptors (Lipinski definition) is 4. The van der Waals surface area contributed by atoms with E-state index < -0.39 is 28.5 Å². The summed E-state index contributed by atoms with van der Waals surface area (Å²) in [5.41, 5.74) is 1.61. The summed E-state index contributed by atoms with van der Waals surface area (Å²) in [7, 11) is -2.51. The van der Waals surface area contributed by atoms with Crippen LogP contribution < -0.4 is 5.32 Å². The number of likely N-dealkylation sites (N-methyl/N-ethyl adjacent to an activating group) is 1. The molecule has 33 heavy (non-hydrogen) atoms. The van der Waals surface area contributed by atoms with E-state index in [1.54, 1.807) is 36.4 Å². The molecule has 2 aromatic carbocycles. The number of rotatable bonds is 11. The number of carbonyl (C=O) groups is 2. The zero-order valence-corrected chi connectivity index (χ0v) is 21.1. The van der Waals surface area contributed by atoms with Crippen molar-refractivity contribution in [3.63, 3.8) is 0 Å². The first-order chi connectivity index (χ1) is 15.6. The summed E-state index contributed by atoms with van der Waals surface area (Å²) in [6, 6.07) is 12.8. The highest BCUT2D eigenvalue weighted by atomic mass is 35.5. The molecule has 0 fully saturated rings. The fourth-order valence-corrected chi connectivity index (χ4v) is 4.67. The van der Waals surface area contributed by atoms with Crippen LogP contribution in [-0.4, -0.2) is 55.6 Å². The average Bonchev–Trinajstić information content (AvgIpc) is 2.78. The highest BCUT2D eigenvalue weighted by Crippen LogP contribution is 2.21. The lowest BCUT2D eigenvalue weighted by Gasteiger charge is -2.32. The molecule has 1 atom stereocenters. The molecule has 0 saturated heterocycles. The summed E-state index contributed by atoms with van der Waals surface area (Å²) < 4.78 is 27.0. The first-order valence-corrected chi connectivity index (χ1v) is 12.8. The summed E-state index contributed by atoms with van der Waals surface area (Å²) in [4.78, 5) is 27.7. The Morgan fingerprint density at radius 2 is 1.70 bits per heavy atom. The Labute approximate surface area is 201 Å². The van der Waals surface area contributed by atoms with Crippen LogP contribution in [0.4, 0.5) is 0 Å². The standard InChI is InChI=1S/C24H32ClN3O4S/c1-5-15-26-24(30)22(6-2)28(16-19-9-7-8-10-21(19)25)23(29)17-27(4)33(31,32)20-13-11-18(3)12-14-20/h7-14,22H,5-6,15-17H2,1-4H3,(H,26,30)/t22-/m0/s1. The minimum Gasteiger partial charge on any atom is -0.354 e. The van der Waals surface area contributed by atoms with Gasteiger partial charge in [0, 0.05) is 25.2 Å². The lowest BCUT2D eigenvalue weighted by atomic mass is 10.1. The molecule has 180 valence electrons.